The molecule has 120 valence electrons. The molecule has 9 heteroatoms. The molecule has 0 spiro atoms. The van der Waals surface area contributed by atoms with Crippen molar-refractivity contribution in [1.82, 2.24) is 0 Å². The number of benzene rings is 1. The molecule has 0 amide bonds. The minimum atomic E-state index is -4.59. The molecule has 2 aromatic rings. The number of alkyl halides is 3. The van der Waals surface area contributed by atoms with E-state index in [0.717, 1.165) is 23.5 Å². The first kappa shape index (κ1) is 16.7. The number of hydrogen-bond donors (Lipinski definition) is 0. The second-order valence-electron chi connectivity index (χ2n) is 4.09. The van der Waals surface area contributed by atoms with Gasteiger partial charge >= 0.3 is 12.1 Å². The third-order valence-corrected chi connectivity index (χ3v) is 3.55. The van der Waals surface area contributed by atoms with Crippen LogP contribution in [0.3, 0.4) is 0 Å². The number of rotatable bonds is 4. The van der Waals surface area contributed by atoms with E-state index in [4.69, 9.17) is 4.74 Å². The predicted octanol–water partition coefficient (Wildman–Crippen LogP) is 4.31. The Labute approximate surface area is 132 Å². The van der Waals surface area contributed by atoms with Crippen LogP contribution in [0.25, 0.3) is 0 Å². The fraction of sp³-hybridized carbons (Fsp3) is 0.143. The number of halogens is 3. The van der Waals surface area contributed by atoms with Crippen molar-refractivity contribution in [3.8, 4) is 11.5 Å². The molecule has 0 atom stereocenters. The molecule has 0 aliphatic carbocycles. The summed E-state index contributed by atoms with van der Waals surface area (Å²) in [6.45, 7) is 0. The molecule has 1 aromatic carbocycles. The summed E-state index contributed by atoms with van der Waals surface area (Å²) in [5, 5.41) is 1.55. The molecular weight excluding hydrogens is 335 g/mol. The second kappa shape index (κ2) is 6.64. The van der Waals surface area contributed by atoms with Gasteiger partial charge in [0.15, 0.2) is 16.4 Å². The molecule has 0 bridgehead atoms. The quantitative estimate of drug-likeness (QED) is 0.471. The third kappa shape index (κ3) is 3.77. The fourth-order valence-corrected chi connectivity index (χ4v) is 2.39. The van der Waals surface area contributed by atoms with Crippen molar-refractivity contribution in [1.29, 1.82) is 0 Å². The van der Waals surface area contributed by atoms with E-state index in [0.29, 0.717) is 6.07 Å². The number of thiophene rings is 1. The van der Waals surface area contributed by atoms with Crippen molar-refractivity contribution in [2.45, 2.75) is 6.18 Å². The Morgan fingerprint density at radius 3 is 2.61 bits per heavy atom. The lowest BCUT2D eigenvalue weighted by Crippen LogP contribution is -2.04. The molecule has 0 aliphatic heterocycles. The maximum Gasteiger partial charge on any atom is 0.416 e. The van der Waals surface area contributed by atoms with E-state index in [1.165, 1.54) is 19.3 Å². The molecule has 0 fully saturated rings. The first-order valence-corrected chi connectivity index (χ1v) is 6.87. The van der Waals surface area contributed by atoms with Crippen LogP contribution in [0.2, 0.25) is 0 Å². The Hall–Kier alpha value is -2.64. The predicted molar refractivity (Wildman–Crippen MR) is 75.0 cm³/mol. The van der Waals surface area contributed by atoms with E-state index in [2.05, 4.69) is 9.73 Å². The van der Waals surface area contributed by atoms with Crippen LogP contribution in [0.1, 0.15) is 15.2 Å². The Balaban J connectivity index is 2.42. The number of hydrogen-bond acceptors (Lipinski definition) is 6. The van der Waals surface area contributed by atoms with Gasteiger partial charge < -0.3 is 9.47 Å². The van der Waals surface area contributed by atoms with Crippen LogP contribution >= 0.6 is 11.3 Å². The zero-order chi connectivity index (χ0) is 17.0. The van der Waals surface area contributed by atoms with Crippen LogP contribution in [0.4, 0.5) is 18.9 Å². The molecule has 23 heavy (non-hydrogen) atoms. The molecule has 0 saturated carbocycles. The van der Waals surface area contributed by atoms with E-state index in [9.17, 15) is 22.8 Å². The molecular formula is C14H8F3NO4S. The van der Waals surface area contributed by atoms with Crippen LogP contribution in [0, 0.1) is 0 Å². The van der Waals surface area contributed by atoms with E-state index in [-0.39, 0.29) is 22.1 Å². The summed E-state index contributed by atoms with van der Waals surface area (Å²) in [4.78, 5) is 25.3. The van der Waals surface area contributed by atoms with Gasteiger partial charge in [-0.25, -0.2) is 9.59 Å². The minimum absolute atomic E-state index is 0.0870. The Bertz CT molecular complexity index is 779. The maximum atomic E-state index is 12.7. The number of ether oxygens (including phenoxy) is 2. The maximum absolute atomic E-state index is 12.7. The zero-order valence-electron chi connectivity index (χ0n) is 11.5. The van der Waals surface area contributed by atoms with Crippen LogP contribution in [0.15, 0.2) is 34.6 Å². The lowest BCUT2D eigenvalue weighted by atomic mass is 10.2. The van der Waals surface area contributed by atoms with Crippen molar-refractivity contribution in [2.75, 3.05) is 7.11 Å². The molecule has 0 N–H and O–H groups in total. The van der Waals surface area contributed by atoms with Crippen LogP contribution in [0.5, 0.6) is 11.5 Å². The van der Waals surface area contributed by atoms with E-state index in [1.54, 1.807) is 5.38 Å². The number of carbonyl (C=O) groups excluding carboxylic acids is 2. The van der Waals surface area contributed by atoms with Crippen LogP contribution in [-0.4, -0.2) is 19.2 Å². The SMILES string of the molecule is COC(=O)c1sccc1Oc1ccc(C(F)(F)F)cc1N=C=O. The zero-order valence-corrected chi connectivity index (χ0v) is 12.3. The first-order valence-electron chi connectivity index (χ1n) is 5.99. The van der Waals surface area contributed by atoms with Gasteiger partial charge in [0.25, 0.3) is 0 Å². The third-order valence-electron chi connectivity index (χ3n) is 2.67. The standard InChI is InChI=1S/C14H8F3NO4S/c1-21-13(20)12-11(4-5-23-12)22-10-3-2-8(14(15,16)17)6-9(10)18-7-19/h2-6H,1H3. The summed E-state index contributed by atoms with van der Waals surface area (Å²) < 4.78 is 48.0. The van der Waals surface area contributed by atoms with Gasteiger partial charge in [-0.2, -0.15) is 18.2 Å². The van der Waals surface area contributed by atoms with Crippen molar-refractivity contribution in [2.24, 2.45) is 4.99 Å². The lowest BCUT2D eigenvalue weighted by Gasteiger charge is -2.11. The summed E-state index contributed by atoms with van der Waals surface area (Å²) in [7, 11) is 1.19. The number of nitrogens with zero attached hydrogens (tertiary/aromatic N) is 1. The molecule has 0 radical (unpaired) electrons. The van der Waals surface area contributed by atoms with E-state index >= 15 is 0 Å². The number of aliphatic imine (C=N–C) groups is 1. The molecule has 5 nitrogen and oxygen atoms in total. The minimum Gasteiger partial charge on any atom is -0.465 e. The number of isocyanates is 1. The van der Waals surface area contributed by atoms with Gasteiger partial charge in [-0.15, -0.1) is 11.3 Å². The average Bonchev–Trinajstić information content (AvgIpc) is 2.95. The highest BCUT2D eigenvalue weighted by Crippen LogP contribution is 2.39. The Morgan fingerprint density at radius 2 is 2.00 bits per heavy atom. The Morgan fingerprint density at radius 1 is 1.26 bits per heavy atom. The van der Waals surface area contributed by atoms with Gasteiger partial charge in [-0.3, -0.25) is 0 Å². The normalized spacial score (nSPS) is 10.8. The number of methoxy groups -OCH3 is 1. The van der Waals surface area contributed by atoms with Crippen molar-refractivity contribution >= 4 is 29.1 Å². The summed E-state index contributed by atoms with van der Waals surface area (Å²) in [5.74, 6) is -0.684. The lowest BCUT2D eigenvalue weighted by molar-refractivity contribution is -0.137. The summed E-state index contributed by atoms with van der Waals surface area (Å²) in [6, 6.07) is 3.90. The molecule has 1 heterocycles. The number of esters is 1. The topological polar surface area (TPSA) is 65.0 Å². The van der Waals surface area contributed by atoms with Gasteiger partial charge in [-0.05, 0) is 29.6 Å². The van der Waals surface area contributed by atoms with Gasteiger partial charge in [0.05, 0.1) is 12.7 Å². The van der Waals surface area contributed by atoms with Gasteiger partial charge in [0.2, 0.25) is 6.08 Å². The van der Waals surface area contributed by atoms with Crippen molar-refractivity contribution < 1.29 is 32.2 Å². The fourth-order valence-electron chi connectivity index (χ4n) is 1.65. The molecule has 0 aliphatic rings. The average molecular weight is 343 g/mol. The number of carbonyl (C=O) groups is 1. The van der Waals surface area contributed by atoms with E-state index in [1.807, 2.05) is 0 Å². The Kier molecular flexibility index (Phi) is 4.83. The summed E-state index contributed by atoms with van der Waals surface area (Å²) in [6.07, 6.45) is -3.42. The van der Waals surface area contributed by atoms with Gasteiger partial charge in [-0.1, -0.05) is 0 Å². The first-order chi connectivity index (χ1) is 10.9. The second-order valence-corrected chi connectivity index (χ2v) is 5.01. The summed E-state index contributed by atoms with van der Waals surface area (Å²) >= 11 is 1.04. The van der Waals surface area contributed by atoms with E-state index < -0.39 is 17.7 Å². The van der Waals surface area contributed by atoms with Crippen LogP contribution in [-0.2, 0) is 15.7 Å². The largest absolute Gasteiger partial charge is 0.465 e. The highest BCUT2D eigenvalue weighted by molar-refractivity contribution is 7.12. The molecule has 0 saturated heterocycles. The van der Waals surface area contributed by atoms with Crippen molar-refractivity contribution in [3.63, 3.8) is 0 Å². The molecule has 0 unspecified atom stereocenters. The molecule has 1 aromatic heterocycles. The highest BCUT2D eigenvalue weighted by Gasteiger charge is 2.31. The molecule has 2 rings (SSSR count). The summed E-state index contributed by atoms with van der Waals surface area (Å²) in [5.41, 5.74) is -1.34. The monoisotopic (exact) mass is 343 g/mol. The van der Waals surface area contributed by atoms with Crippen LogP contribution < -0.4 is 4.74 Å². The van der Waals surface area contributed by atoms with Gasteiger partial charge in [0, 0.05) is 0 Å². The van der Waals surface area contributed by atoms with Gasteiger partial charge in [0.1, 0.15) is 5.69 Å². The van der Waals surface area contributed by atoms with Crippen molar-refractivity contribution in [3.05, 3.63) is 40.1 Å². The smallest absolute Gasteiger partial charge is 0.416 e. The highest BCUT2D eigenvalue weighted by atomic mass is 32.1.